The van der Waals surface area contributed by atoms with E-state index in [1.165, 1.54) is 0 Å². The molecule has 2 aromatic rings. The highest BCUT2D eigenvalue weighted by Crippen LogP contribution is 2.27. The third-order valence-corrected chi connectivity index (χ3v) is 4.13. The van der Waals surface area contributed by atoms with Crippen LogP contribution in [0.2, 0.25) is 0 Å². The average Bonchev–Trinajstić information content (AvgIpc) is 2.97. The molecule has 0 saturated heterocycles. The minimum Gasteiger partial charge on any atom is -0.494 e. The quantitative estimate of drug-likeness (QED) is 0.626. The summed E-state index contributed by atoms with van der Waals surface area (Å²) < 4.78 is 7.42. The van der Waals surface area contributed by atoms with Gasteiger partial charge in [0.25, 0.3) is 0 Å². The number of fused-ring (bicyclic) bond motifs is 1. The zero-order valence-electron chi connectivity index (χ0n) is 13.7. The number of unbranched alkanes of at least 4 members (excludes halogenated alkanes) is 1. The van der Waals surface area contributed by atoms with E-state index < -0.39 is 0 Å². The van der Waals surface area contributed by atoms with Crippen molar-refractivity contribution in [3.8, 4) is 11.8 Å². The number of Topliss-reactive ketones (excluding diaryl/α,β-unsaturated/α-hetero) is 1. The fourth-order valence-electron chi connectivity index (χ4n) is 2.86. The summed E-state index contributed by atoms with van der Waals surface area (Å²) in [5.74, 6) is 0.817. The summed E-state index contributed by atoms with van der Waals surface area (Å²) in [4.78, 5) is 12.6. The van der Waals surface area contributed by atoms with Gasteiger partial charge in [-0.05, 0) is 43.0 Å². The van der Waals surface area contributed by atoms with Crippen LogP contribution in [-0.4, -0.2) is 22.2 Å². The minimum absolute atomic E-state index is 0.0599. The lowest BCUT2D eigenvalue weighted by atomic mass is 9.90. The van der Waals surface area contributed by atoms with E-state index in [2.05, 4.69) is 11.2 Å². The third-order valence-electron chi connectivity index (χ3n) is 4.13. The van der Waals surface area contributed by atoms with Gasteiger partial charge < -0.3 is 4.74 Å². The molecule has 122 valence electrons. The summed E-state index contributed by atoms with van der Waals surface area (Å²) in [6, 6.07) is 9.78. The zero-order chi connectivity index (χ0) is 16.9. The van der Waals surface area contributed by atoms with Gasteiger partial charge in [-0.2, -0.15) is 10.4 Å². The monoisotopic (exact) mass is 321 g/mol. The maximum atomic E-state index is 12.6. The van der Waals surface area contributed by atoms with E-state index in [1.54, 1.807) is 10.9 Å². The Kier molecular flexibility index (Phi) is 4.76. The lowest BCUT2D eigenvalue weighted by Gasteiger charge is -2.14. The van der Waals surface area contributed by atoms with E-state index in [0.29, 0.717) is 25.0 Å². The molecule has 0 spiro atoms. The maximum absolute atomic E-state index is 12.6. The molecule has 1 aliphatic carbocycles. The normalized spacial score (nSPS) is 15.2. The third kappa shape index (κ3) is 3.38. The van der Waals surface area contributed by atoms with Gasteiger partial charge in [-0.25, -0.2) is 0 Å². The fourth-order valence-corrected chi connectivity index (χ4v) is 2.86. The molecule has 0 radical (unpaired) electrons. The fraction of sp³-hybridized carbons (Fsp3) is 0.316. The first kappa shape index (κ1) is 16.0. The molecule has 1 aliphatic rings. The first-order valence-electron chi connectivity index (χ1n) is 8.05. The number of nitrogens with zero attached hydrogens (tertiary/aromatic N) is 3. The van der Waals surface area contributed by atoms with Crippen molar-refractivity contribution in [2.45, 2.75) is 25.7 Å². The van der Waals surface area contributed by atoms with Gasteiger partial charge >= 0.3 is 0 Å². The Balaban J connectivity index is 1.75. The first-order chi connectivity index (χ1) is 11.7. The largest absolute Gasteiger partial charge is 0.494 e. The van der Waals surface area contributed by atoms with E-state index >= 15 is 0 Å². The van der Waals surface area contributed by atoms with Crippen molar-refractivity contribution in [3.63, 3.8) is 0 Å². The second kappa shape index (κ2) is 7.14. The summed E-state index contributed by atoms with van der Waals surface area (Å²) in [7, 11) is 1.87. The van der Waals surface area contributed by atoms with Gasteiger partial charge in [0.15, 0.2) is 5.78 Å². The van der Waals surface area contributed by atoms with Gasteiger partial charge in [-0.15, -0.1) is 0 Å². The molecule has 0 aliphatic heterocycles. The van der Waals surface area contributed by atoms with E-state index in [-0.39, 0.29) is 5.78 Å². The predicted octanol–water partition coefficient (Wildman–Crippen LogP) is 3.32. The SMILES string of the molecule is Cn1ncc2c1CCC(=Cc1cccc(OCCCC#N)c1)C2=O. The van der Waals surface area contributed by atoms with Crippen LogP contribution in [-0.2, 0) is 13.5 Å². The van der Waals surface area contributed by atoms with E-state index in [4.69, 9.17) is 10.00 Å². The molecule has 0 atom stereocenters. The molecule has 0 bridgehead atoms. The number of benzene rings is 1. The van der Waals surface area contributed by atoms with Gasteiger partial charge in [0.1, 0.15) is 5.75 Å². The van der Waals surface area contributed by atoms with E-state index in [1.807, 2.05) is 37.4 Å². The Morgan fingerprint density at radius 2 is 2.29 bits per heavy atom. The highest BCUT2D eigenvalue weighted by molar-refractivity contribution is 6.12. The predicted molar refractivity (Wildman–Crippen MR) is 90.6 cm³/mol. The number of aromatic nitrogens is 2. The highest BCUT2D eigenvalue weighted by atomic mass is 16.5. The van der Waals surface area contributed by atoms with Crippen LogP contribution in [0.3, 0.4) is 0 Å². The summed E-state index contributed by atoms with van der Waals surface area (Å²) in [6.07, 6.45) is 6.34. The number of ether oxygens (including phenoxy) is 1. The lowest BCUT2D eigenvalue weighted by molar-refractivity contribution is 0.102. The number of carbonyl (C=O) groups is 1. The second-order valence-electron chi connectivity index (χ2n) is 5.81. The van der Waals surface area contributed by atoms with Crippen LogP contribution in [0, 0.1) is 11.3 Å². The molecular formula is C19H19N3O2. The molecule has 1 aromatic carbocycles. The maximum Gasteiger partial charge on any atom is 0.192 e. The Morgan fingerprint density at radius 1 is 1.42 bits per heavy atom. The van der Waals surface area contributed by atoms with Crippen molar-refractivity contribution in [1.29, 1.82) is 5.26 Å². The lowest BCUT2D eigenvalue weighted by Crippen LogP contribution is -2.14. The topological polar surface area (TPSA) is 67.9 Å². The first-order valence-corrected chi connectivity index (χ1v) is 8.05. The molecule has 3 rings (SSSR count). The van der Waals surface area contributed by atoms with Crippen LogP contribution in [0.4, 0.5) is 0 Å². The van der Waals surface area contributed by atoms with Gasteiger partial charge in [-0.1, -0.05) is 12.1 Å². The summed E-state index contributed by atoms with van der Waals surface area (Å²) in [5.41, 5.74) is 3.46. The van der Waals surface area contributed by atoms with Gasteiger partial charge in [0.2, 0.25) is 0 Å². The van der Waals surface area contributed by atoms with Crippen molar-refractivity contribution < 1.29 is 9.53 Å². The standard InChI is InChI=1S/C19H19N3O2/c1-22-18-8-7-15(19(23)17(18)13-21-22)11-14-5-4-6-16(12-14)24-10-3-2-9-20/h4-6,11-13H,2-3,7-8,10H2,1H3. The van der Waals surface area contributed by atoms with Crippen molar-refractivity contribution in [1.82, 2.24) is 9.78 Å². The molecular weight excluding hydrogens is 302 g/mol. The number of hydrogen-bond acceptors (Lipinski definition) is 4. The van der Waals surface area contributed by atoms with Crippen molar-refractivity contribution in [2.75, 3.05) is 6.61 Å². The van der Waals surface area contributed by atoms with Crippen molar-refractivity contribution in [2.24, 2.45) is 7.05 Å². The average molecular weight is 321 g/mol. The highest BCUT2D eigenvalue weighted by Gasteiger charge is 2.24. The van der Waals surface area contributed by atoms with Crippen molar-refractivity contribution >= 4 is 11.9 Å². The minimum atomic E-state index is 0.0599. The van der Waals surface area contributed by atoms with Gasteiger partial charge in [0, 0.05) is 24.7 Å². The van der Waals surface area contributed by atoms with Gasteiger partial charge in [-0.3, -0.25) is 9.48 Å². The molecule has 24 heavy (non-hydrogen) atoms. The van der Waals surface area contributed by atoms with Crippen LogP contribution >= 0.6 is 0 Å². The summed E-state index contributed by atoms with van der Waals surface area (Å²) in [6.45, 7) is 0.519. The second-order valence-corrected chi connectivity index (χ2v) is 5.81. The van der Waals surface area contributed by atoms with Gasteiger partial charge in [0.05, 0.1) is 24.4 Å². The number of allylic oxidation sites excluding steroid dienone is 1. The summed E-state index contributed by atoms with van der Waals surface area (Å²) >= 11 is 0. The summed E-state index contributed by atoms with van der Waals surface area (Å²) in [5, 5.41) is 12.7. The number of nitriles is 1. The van der Waals surface area contributed by atoms with Crippen molar-refractivity contribution in [3.05, 3.63) is 52.9 Å². The number of hydrogen-bond donors (Lipinski definition) is 0. The number of aryl methyl sites for hydroxylation is 1. The Labute approximate surface area is 141 Å². The Bertz CT molecular complexity index is 827. The molecule has 1 aromatic heterocycles. The molecule has 5 nitrogen and oxygen atoms in total. The number of rotatable bonds is 5. The van der Waals surface area contributed by atoms with Crippen LogP contribution < -0.4 is 4.74 Å². The Morgan fingerprint density at radius 3 is 3.12 bits per heavy atom. The van der Waals surface area contributed by atoms with Crippen LogP contribution in [0.1, 0.15) is 40.9 Å². The molecule has 0 N–H and O–H groups in total. The molecule has 0 unspecified atom stereocenters. The van der Waals surface area contributed by atoms with Crippen LogP contribution in [0.25, 0.3) is 6.08 Å². The van der Waals surface area contributed by atoms with Crippen LogP contribution in [0.5, 0.6) is 5.75 Å². The molecule has 0 fully saturated rings. The van der Waals surface area contributed by atoms with E-state index in [9.17, 15) is 4.79 Å². The van der Waals surface area contributed by atoms with Crippen LogP contribution in [0.15, 0.2) is 36.0 Å². The molecule has 5 heteroatoms. The molecule has 1 heterocycles. The number of ketones is 1. The number of carbonyl (C=O) groups excluding carboxylic acids is 1. The smallest absolute Gasteiger partial charge is 0.192 e. The zero-order valence-corrected chi connectivity index (χ0v) is 13.7. The Hall–Kier alpha value is -2.87. The van der Waals surface area contributed by atoms with E-state index in [0.717, 1.165) is 35.4 Å². The molecule has 0 amide bonds. The molecule has 0 saturated carbocycles.